The van der Waals surface area contributed by atoms with Gasteiger partial charge in [-0.1, -0.05) is 26.0 Å². The Hall–Kier alpha value is -1.35. The summed E-state index contributed by atoms with van der Waals surface area (Å²) in [6.07, 6.45) is 0. The lowest BCUT2D eigenvalue weighted by molar-refractivity contribution is 0.0939. The van der Waals surface area contributed by atoms with E-state index in [1.54, 1.807) is 0 Å². The summed E-state index contributed by atoms with van der Waals surface area (Å²) in [6, 6.07) is 8.00. The van der Waals surface area contributed by atoms with Gasteiger partial charge >= 0.3 is 0 Å². The van der Waals surface area contributed by atoms with Gasteiger partial charge in [-0.3, -0.25) is 4.79 Å². The van der Waals surface area contributed by atoms with E-state index in [2.05, 4.69) is 16.3 Å². The van der Waals surface area contributed by atoms with E-state index in [-0.39, 0.29) is 11.7 Å². The standard InChI is InChI=1S/C14H20N2O/c1-11(2)14(17)12-4-3-5-13(10-12)16-8-6-15-7-9-16/h3-5,10-11,15H,6-9H2,1-2H3. The van der Waals surface area contributed by atoms with Crippen molar-refractivity contribution in [1.29, 1.82) is 0 Å². The first-order valence-electron chi connectivity index (χ1n) is 6.28. The van der Waals surface area contributed by atoms with Crippen molar-refractivity contribution in [2.24, 2.45) is 5.92 Å². The number of hydrogen-bond donors (Lipinski definition) is 1. The van der Waals surface area contributed by atoms with Crippen LogP contribution in [0, 0.1) is 5.92 Å². The number of nitrogens with zero attached hydrogens (tertiary/aromatic N) is 1. The summed E-state index contributed by atoms with van der Waals surface area (Å²) in [6.45, 7) is 7.95. The van der Waals surface area contributed by atoms with E-state index in [9.17, 15) is 4.79 Å². The van der Waals surface area contributed by atoms with Crippen molar-refractivity contribution in [1.82, 2.24) is 5.32 Å². The molecule has 0 amide bonds. The molecule has 0 aliphatic carbocycles. The van der Waals surface area contributed by atoms with Crippen LogP contribution in [0.15, 0.2) is 24.3 Å². The van der Waals surface area contributed by atoms with E-state index >= 15 is 0 Å². The molecule has 0 spiro atoms. The predicted molar refractivity (Wildman–Crippen MR) is 70.7 cm³/mol. The van der Waals surface area contributed by atoms with Gasteiger partial charge in [-0.2, -0.15) is 0 Å². The fraction of sp³-hybridized carbons (Fsp3) is 0.500. The molecule has 0 atom stereocenters. The van der Waals surface area contributed by atoms with Crippen molar-refractivity contribution in [2.45, 2.75) is 13.8 Å². The van der Waals surface area contributed by atoms with Crippen LogP contribution < -0.4 is 10.2 Å². The number of Topliss-reactive ketones (excluding diaryl/α,β-unsaturated/α-hetero) is 1. The summed E-state index contributed by atoms with van der Waals surface area (Å²) in [4.78, 5) is 14.3. The molecule has 1 aliphatic rings. The van der Waals surface area contributed by atoms with Crippen LogP contribution in [0.4, 0.5) is 5.69 Å². The Bertz CT molecular complexity index is 395. The smallest absolute Gasteiger partial charge is 0.165 e. The number of piperazine rings is 1. The number of carbonyl (C=O) groups is 1. The summed E-state index contributed by atoms with van der Waals surface area (Å²) in [5, 5.41) is 3.33. The van der Waals surface area contributed by atoms with Gasteiger partial charge in [0, 0.05) is 43.3 Å². The number of nitrogens with one attached hydrogen (secondary N) is 1. The van der Waals surface area contributed by atoms with Crippen LogP contribution in [0.2, 0.25) is 0 Å². The Morgan fingerprint density at radius 1 is 1.29 bits per heavy atom. The van der Waals surface area contributed by atoms with E-state index in [1.165, 1.54) is 0 Å². The summed E-state index contributed by atoms with van der Waals surface area (Å²) in [5.74, 6) is 0.287. The molecule has 1 aromatic rings. The molecule has 0 bridgehead atoms. The fourth-order valence-electron chi connectivity index (χ4n) is 2.11. The van der Waals surface area contributed by atoms with Crippen LogP contribution in [0.5, 0.6) is 0 Å². The summed E-state index contributed by atoms with van der Waals surface area (Å²) < 4.78 is 0. The minimum absolute atomic E-state index is 0.0632. The second kappa shape index (κ2) is 5.32. The van der Waals surface area contributed by atoms with E-state index in [4.69, 9.17) is 0 Å². The Morgan fingerprint density at radius 2 is 2.00 bits per heavy atom. The average molecular weight is 232 g/mol. The summed E-state index contributed by atoms with van der Waals surface area (Å²) >= 11 is 0. The number of anilines is 1. The Morgan fingerprint density at radius 3 is 2.65 bits per heavy atom. The van der Waals surface area contributed by atoms with Gasteiger partial charge in [0.05, 0.1) is 0 Å². The largest absolute Gasteiger partial charge is 0.369 e. The Balaban J connectivity index is 2.18. The normalized spacial score (nSPS) is 16.3. The van der Waals surface area contributed by atoms with Crippen LogP contribution in [0.1, 0.15) is 24.2 Å². The maximum absolute atomic E-state index is 11.9. The van der Waals surface area contributed by atoms with Crippen molar-refractivity contribution in [3.8, 4) is 0 Å². The monoisotopic (exact) mass is 232 g/mol. The maximum atomic E-state index is 11.9. The lowest BCUT2D eigenvalue weighted by atomic mass is 10.0. The zero-order valence-corrected chi connectivity index (χ0v) is 10.6. The molecule has 1 aliphatic heterocycles. The van der Waals surface area contributed by atoms with Gasteiger partial charge in [-0.15, -0.1) is 0 Å². The first kappa shape index (κ1) is 12.1. The second-order valence-corrected chi connectivity index (χ2v) is 4.81. The molecule has 0 radical (unpaired) electrons. The highest BCUT2D eigenvalue weighted by Gasteiger charge is 2.14. The molecule has 92 valence electrons. The summed E-state index contributed by atoms with van der Waals surface area (Å²) in [5.41, 5.74) is 1.99. The van der Waals surface area contributed by atoms with Crippen molar-refractivity contribution in [3.63, 3.8) is 0 Å². The number of rotatable bonds is 3. The topological polar surface area (TPSA) is 32.3 Å². The van der Waals surface area contributed by atoms with Gasteiger partial charge in [0.25, 0.3) is 0 Å². The highest BCUT2D eigenvalue weighted by molar-refractivity contribution is 5.98. The molecular weight excluding hydrogens is 212 g/mol. The van der Waals surface area contributed by atoms with Gasteiger partial charge in [0.1, 0.15) is 0 Å². The van der Waals surface area contributed by atoms with Gasteiger partial charge in [0.2, 0.25) is 0 Å². The first-order valence-corrected chi connectivity index (χ1v) is 6.28. The second-order valence-electron chi connectivity index (χ2n) is 4.81. The average Bonchev–Trinajstić information content (AvgIpc) is 2.39. The zero-order valence-electron chi connectivity index (χ0n) is 10.6. The summed E-state index contributed by atoms with van der Waals surface area (Å²) in [7, 11) is 0. The maximum Gasteiger partial charge on any atom is 0.165 e. The van der Waals surface area contributed by atoms with E-state index in [1.807, 2.05) is 32.0 Å². The molecule has 3 nitrogen and oxygen atoms in total. The predicted octanol–water partition coefficient (Wildman–Crippen LogP) is 1.93. The Labute approximate surface area is 103 Å². The fourth-order valence-corrected chi connectivity index (χ4v) is 2.11. The van der Waals surface area contributed by atoms with Crippen molar-refractivity contribution in [3.05, 3.63) is 29.8 Å². The molecule has 0 unspecified atom stereocenters. The minimum atomic E-state index is 0.0632. The lowest BCUT2D eigenvalue weighted by Gasteiger charge is -2.29. The minimum Gasteiger partial charge on any atom is -0.369 e. The van der Waals surface area contributed by atoms with Crippen LogP contribution >= 0.6 is 0 Å². The molecule has 1 aromatic carbocycles. The SMILES string of the molecule is CC(C)C(=O)c1cccc(N2CCNCC2)c1. The van der Waals surface area contributed by atoms with Crippen LogP contribution in [-0.4, -0.2) is 32.0 Å². The van der Waals surface area contributed by atoms with Crippen LogP contribution in [-0.2, 0) is 0 Å². The highest BCUT2D eigenvalue weighted by atomic mass is 16.1. The Kier molecular flexibility index (Phi) is 3.79. The molecule has 1 saturated heterocycles. The van der Waals surface area contributed by atoms with Gasteiger partial charge in [0.15, 0.2) is 5.78 Å². The molecule has 0 saturated carbocycles. The third kappa shape index (κ3) is 2.86. The van der Waals surface area contributed by atoms with E-state index in [0.717, 1.165) is 37.4 Å². The molecule has 17 heavy (non-hydrogen) atoms. The van der Waals surface area contributed by atoms with Gasteiger partial charge in [-0.25, -0.2) is 0 Å². The van der Waals surface area contributed by atoms with E-state index in [0.29, 0.717) is 0 Å². The van der Waals surface area contributed by atoms with Crippen molar-refractivity contribution >= 4 is 11.5 Å². The van der Waals surface area contributed by atoms with Gasteiger partial charge in [-0.05, 0) is 12.1 Å². The molecule has 0 aromatic heterocycles. The lowest BCUT2D eigenvalue weighted by Crippen LogP contribution is -2.43. The van der Waals surface area contributed by atoms with E-state index < -0.39 is 0 Å². The third-order valence-corrected chi connectivity index (χ3v) is 3.14. The molecular formula is C14H20N2O. The number of carbonyl (C=O) groups excluding carboxylic acids is 1. The van der Waals surface area contributed by atoms with Crippen molar-refractivity contribution < 1.29 is 4.79 Å². The van der Waals surface area contributed by atoms with Crippen LogP contribution in [0.3, 0.4) is 0 Å². The van der Waals surface area contributed by atoms with Crippen molar-refractivity contribution in [2.75, 3.05) is 31.1 Å². The molecule has 1 fully saturated rings. The molecule has 3 heteroatoms. The molecule has 1 heterocycles. The van der Waals surface area contributed by atoms with Gasteiger partial charge < -0.3 is 10.2 Å². The molecule has 2 rings (SSSR count). The number of hydrogen-bond acceptors (Lipinski definition) is 3. The molecule has 1 N–H and O–H groups in total. The number of benzene rings is 1. The third-order valence-electron chi connectivity index (χ3n) is 3.14. The first-order chi connectivity index (χ1) is 8.18. The highest BCUT2D eigenvalue weighted by Crippen LogP contribution is 2.18. The quantitative estimate of drug-likeness (QED) is 0.808. The zero-order chi connectivity index (χ0) is 12.3. The number of ketones is 1. The van der Waals surface area contributed by atoms with Crippen LogP contribution in [0.25, 0.3) is 0 Å².